The summed E-state index contributed by atoms with van der Waals surface area (Å²) in [6.07, 6.45) is 4.75. The van der Waals surface area contributed by atoms with Gasteiger partial charge in [-0.1, -0.05) is 32.8 Å². The Morgan fingerprint density at radius 2 is 1.94 bits per heavy atom. The van der Waals surface area contributed by atoms with E-state index in [0.717, 1.165) is 17.7 Å². The van der Waals surface area contributed by atoms with Gasteiger partial charge in [0.15, 0.2) is 0 Å². The van der Waals surface area contributed by atoms with Gasteiger partial charge >= 0.3 is 0 Å². The first kappa shape index (κ1) is 13.9. The number of nitrogens with two attached hydrogens (primary N) is 1. The van der Waals surface area contributed by atoms with E-state index in [4.69, 9.17) is 5.73 Å². The lowest BCUT2D eigenvalue weighted by atomic mass is 9.58. The second kappa shape index (κ2) is 5.22. The molecular formula is C15H22FNS. The maximum atomic E-state index is 13.2. The molecule has 0 saturated heterocycles. The molecule has 0 amide bonds. The van der Waals surface area contributed by atoms with Gasteiger partial charge in [0.05, 0.1) is 0 Å². The third-order valence-electron chi connectivity index (χ3n) is 4.40. The zero-order valence-electron chi connectivity index (χ0n) is 11.2. The van der Waals surface area contributed by atoms with Crippen molar-refractivity contribution in [2.75, 3.05) is 6.54 Å². The minimum atomic E-state index is -0.163. The molecule has 18 heavy (non-hydrogen) atoms. The molecule has 1 fully saturated rings. The molecule has 0 aliphatic heterocycles. The smallest absolute Gasteiger partial charge is 0.124 e. The van der Waals surface area contributed by atoms with Crippen molar-refractivity contribution in [2.24, 2.45) is 11.1 Å². The van der Waals surface area contributed by atoms with Crippen molar-refractivity contribution >= 4 is 11.8 Å². The number of hydrogen-bond acceptors (Lipinski definition) is 2. The molecule has 0 aromatic heterocycles. The van der Waals surface area contributed by atoms with Gasteiger partial charge in [0.2, 0.25) is 0 Å². The summed E-state index contributed by atoms with van der Waals surface area (Å²) in [5, 5.41) is 0. The summed E-state index contributed by atoms with van der Waals surface area (Å²) in [6, 6.07) is 6.85. The van der Waals surface area contributed by atoms with E-state index in [-0.39, 0.29) is 10.6 Å². The number of halogens is 1. The normalized spacial score (nSPS) is 20.4. The highest BCUT2D eigenvalue weighted by Crippen LogP contribution is 2.60. The van der Waals surface area contributed by atoms with Gasteiger partial charge in [-0.3, -0.25) is 0 Å². The maximum absolute atomic E-state index is 13.2. The zero-order valence-corrected chi connectivity index (χ0v) is 12.0. The van der Waals surface area contributed by atoms with Gasteiger partial charge in [-0.25, -0.2) is 4.39 Å². The van der Waals surface area contributed by atoms with E-state index in [1.54, 1.807) is 23.9 Å². The SMILES string of the molecule is CCC1(CC)CC(CN)(Sc2cccc(F)c2)C1. The predicted molar refractivity (Wildman–Crippen MR) is 76.3 cm³/mol. The molecule has 0 radical (unpaired) electrons. The first-order chi connectivity index (χ1) is 8.57. The molecule has 0 atom stereocenters. The van der Waals surface area contributed by atoms with Crippen molar-refractivity contribution in [3.05, 3.63) is 30.1 Å². The lowest BCUT2D eigenvalue weighted by molar-refractivity contribution is 0.0750. The molecule has 0 heterocycles. The fraction of sp³-hybridized carbons (Fsp3) is 0.600. The van der Waals surface area contributed by atoms with E-state index in [1.165, 1.54) is 18.9 Å². The van der Waals surface area contributed by atoms with Crippen LogP contribution in [0.5, 0.6) is 0 Å². The first-order valence-corrected chi connectivity index (χ1v) is 7.53. The summed E-state index contributed by atoms with van der Waals surface area (Å²) < 4.78 is 13.3. The monoisotopic (exact) mass is 267 g/mol. The average Bonchev–Trinajstić information content (AvgIpc) is 2.33. The van der Waals surface area contributed by atoms with Gasteiger partial charge in [-0.05, 0) is 36.5 Å². The molecule has 2 rings (SSSR count). The van der Waals surface area contributed by atoms with E-state index in [2.05, 4.69) is 13.8 Å². The molecule has 1 saturated carbocycles. The molecule has 0 bridgehead atoms. The second-order valence-electron chi connectivity index (χ2n) is 5.51. The van der Waals surface area contributed by atoms with Crippen LogP contribution in [-0.2, 0) is 0 Å². The van der Waals surface area contributed by atoms with Crippen molar-refractivity contribution in [1.82, 2.24) is 0 Å². The van der Waals surface area contributed by atoms with Crippen LogP contribution in [0.25, 0.3) is 0 Å². The standard InChI is InChI=1S/C15H22FNS/c1-3-14(4-2)9-15(10-14,11-17)18-13-7-5-6-12(16)8-13/h5-8H,3-4,9-11,17H2,1-2H3. The number of benzene rings is 1. The Kier molecular flexibility index (Phi) is 4.02. The molecule has 0 spiro atoms. The van der Waals surface area contributed by atoms with Crippen LogP contribution < -0.4 is 5.73 Å². The topological polar surface area (TPSA) is 26.0 Å². The third-order valence-corrected chi connectivity index (χ3v) is 5.77. The summed E-state index contributed by atoms with van der Waals surface area (Å²) in [7, 11) is 0. The van der Waals surface area contributed by atoms with Crippen molar-refractivity contribution in [1.29, 1.82) is 0 Å². The highest BCUT2D eigenvalue weighted by molar-refractivity contribution is 8.00. The summed E-state index contributed by atoms with van der Waals surface area (Å²) in [6.45, 7) is 5.20. The van der Waals surface area contributed by atoms with Gasteiger partial charge in [0.1, 0.15) is 5.82 Å². The van der Waals surface area contributed by atoms with Crippen LogP contribution in [-0.4, -0.2) is 11.3 Å². The van der Waals surface area contributed by atoms with Crippen LogP contribution >= 0.6 is 11.8 Å². The fourth-order valence-corrected chi connectivity index (χ4v) is 4.76. The van der Waals surface area contributed by atoms with Crippen LogP contribution in [0.15, 0.2) is 29.2 Å². The van der Waals surface area contributed by atoms with E-state index in [0.29, 0.717) is 12.0 Å². The minimum absolute atomic E-state index is 0.125. The summed E-state index contributed by atoms with van der Waals surface area (Å²) >= 11 is 1.76. The van der Waals surface area contributed by atoms with E-state index in [1.807, 2.05) is 6.07 Å². The largest absolute Gasteiger partial charge is 0.329 e. The average molecular weight is 267 g/mol. The predicted octanol–water partition coefficient (Wildman–Crippen LogP) is 4.22. The highest BCUT2D eigenvalue weighted by atomic mass is 32.2. The maximum Gasteiger partial charge on any atom is 0.124 e. The van der Waals surface area contributed by atoms with Crippen molar-refractivity contribution in [3.63, 3.8) is 0 Å². The Hall–Kier alpha value is -0.540. The Labute approximate surface area is 113 Å². The number of hydrogen-bond donors (Lipinski definition) is 1. The molecule has 1 aliphatic rings. The summed E-state index contributed by atoms with van der Waals surface area (Å²) in [5.74, 6) is -0.163. The van der Waals surface area contributed by atoms with Gasteiger partial charge in [0, 0.05) is 16.2 Å². The van der Waals surface area contributed by atoms with Crippen LogP contribution in [0.3, 0.4) is 0 Å². The van der Waals surface area contributed by atoms with Crippen LogP contribution in [0, 0.1) is 11.2 Å². The van der Waals surface area contributed by atoms with E-state index >= 15 is 0 Å². The fourth-order valence-electron chi connectivity index (χ4n) is 3.10. The van der Waals surface area contributed by atoms with E-state index in [9.17, 15) is 4.39 Å². The van der Waals surface area contributed by atoms with Gasteiger partial charge in [-0.15, -0.1) is 11.8 Å². The van der Waals surface area contributed by atoms with Crippen LogP contribution in [0.2, 0.25) is 0 Å². The molecular weight excluding hydrogens is 245 g/mol. The minimum Gasteiger partial charge on any atom is -0.329 e. The number of thioether (sulfide) groups is 1. The second-order valence-corrected chi connectivity index (χ2v) is 7.05. The van der Waals surface area contributed by atoms with Crippen molar-refractivity contribution in [2.45, 2.75) is 49.2 Å². The molecule has 1 aromatic rings. The van der Waals surface area contributed by atoms with Crippen LogP contribution in [0.1, 0.15) is 39.5 Å². The molecule has 1 aliphatic carbocycles. The van der Waals surface area contributed by atoms with Gasteiger partial charge in [0.25, 0.3) is 0 Å². The Balaban J connectivity index is 2.08. The zero-order chi connectivity index (χ0) is 13.2. The van der Waals surface area contributed by atoms with E-state index < -0.39 is 0 Å². The molecule has 1 nitrogen and oxygen atoms in total. The summed E-state index contributed by atoms with van der Waals surface area (Å²) in [5.41, 5.74) is 6.44. The number of rotatable bonds is 5. The Bertz CT molecular complexity index is 407. The third kappa shape index (κ3) is 2.57. The van der Waals surface area contributed by atoms with Crippen LogP contribution in [0.4, 0.5) is 4.39 Å². The Morgan fingerprint density at radius 3 is 2.44 bits per heavy atom. The first-order valence-electron chi connectivity index (χ1n) is 6.72. The molecule has 0 unspecified atom stereocenters. The summed E-state index contributed by atoms with van der Waals surface area (Å²) in [4.78, 5) is 1.00. The molecule has 100 valence electrons. The molecule has 1 aromatic carbocycles. The highest BCUT2D eigenvalue weighted by Gasteiger charge is 2.52. The Morgan fingerprint density at radius 1 is 1.28 bits per heavy atom. The molecule has 3 heteroatoms. The van der Waals surface area contributed by atoms with Gasteiger partial charge in [-0.2, -0.15) is 0 Å². The van der Waals surface area contributed by atoms with Crippen molar-refractivity contribution < 1.29 is 4.39 Å². The van der Waals surface area contributed by atoms with Crippen molar-refractivity contribution in [3.8, 4) is 0 Å². The lowest BCUT2D eigenvalue weighted by Gasteiger charge is -2.55. The van der Waals surface area contributed by atoms with Gasteiger partial charge < -0.3 is 5.73 Å². The quantitative estimate of drug-likeness (QED) is 0.864. The lowest BCUT2D eigenvalue weighted by Crippen LogP contribution is -2.53. The molecule has 2 N–H and O–H groups in total.